The monoisotopic (exact) mass is 212 g/mol. The smallest absolute Gasteiger partial charge is 0.306 e. The molecule has 1 N–H and O–H groups in total. The molecule has 3 nitrogen and oxygen atoms in total. The standard InChI is InChI=1S/C12H20O3/c13-12(14)10-6-7-15-8-11(10)9-4-2-1-3-5-9/h9-11H,1-8H2,(H,13,14). The highest BCUT2D eigenvalue weighted by atomic mass is 16.5. The van der Waals surface area contributed by atoms with E-state index in [9.17, 15) is 9.90 Å². The van der Waals surface area contributed by atoms with Crippen LogP contribution in [0.4, 0.5) is 0 Å². The van der Waals surface area contributed by atoms with Gasteiger partial charge in [-0.1, -0.05) is 32.1 Å². The van der Waals surface area contributed by atoms with E-state index in [4.69, 9.17) is 4.74 Å². The van der Waals surface area contributed by atoms with Gasteiger partial charge in [0, 0.05) is 6.61 Å². The third-order valence-electron chi connectivity index (χ3n) is 3.97. The van der Waals surface area contributed by atoms with Gasteiger partial charge in [0.25, 0.3) is 0 Å². The van der Waals surface area contributed by atoms with Crippen LogP contribution in [0, 0.1) is 17.8 Å². The average molecular weight is 212 g/mol. The third-order valence-corrected chi connectivity index (χ3v) is 3.97. The number of carboxylic acid groups (broad SMARTS) is 1. The van der Waals surface area contributed by atoms with E-state index < -0.39 is 5.97 Å². The van der Waals surface area contributed by atoms with Crippen LogP contribution < -0.4 is 0 Å². The predicted octanol–water partition coefficient (Wildman–Crippen LogP) is 2.30. The molecule has 1 aliphatic carbocycles. The molecule has 1 saturated carbocycles. The van der Waals surface area contributed by atoms with Gasteiger partial charge in [-0.05, 0) is 18.3 Å². The molecule has 3 heteroatoms. The van der Waals surface area contributed by atoms with Crippen molar-refractivity contribution in [3.05, 3.63) is 0 Å². The first kappa shape index (κ1) is 10.9. The van der Waals surface area contributed by atoms with Crippen molar-refractivity contribution < 1.29 is 14.6 Å². The van der Waals surface area contributed by atoms with Crippen LogP contribution in [0.2, 0.25) is 0 Å². The predicted molar refractivity (Wildman–Crippen MR) is 56.6 cm³/mol. The molecule has 2 atom stereocenters. The number of carboxylic acids is 1. The molecule has 2 fully saturated rings. The fraction of sp³-hybridized carbons (Fsp3) is 0.917. The summed E-state index contributed by atoms with van der Waals surface area (Å²) < 4.78 is 5.45. The maximum atomic E-state index is 11.2. The van der Waals surface area contributed by atoms with Crippen molar-refractivity contribution in [2.75, 3.05) is 13.2 Å². The van der Waals surface area contributed by atoms with E-state index in [1.165, 1.54) is 32.1 Å². The lowest BCUT2D eigenvalue weighted by atomic mass is 9.73. The summed E-state index contributed by atoms with van der Waals surface area (Å²) in [6.45, 7) is 1.29. The molecular formula is C12H20O3. The SMILES string of the molecule is O=C(O)C1CCOCC1C1CCCCC1. The Morgan fingerprint density at radius 3 is 2.53 bits per heavy atom. The van der Waals surface area contributed by atoms with Crippen molar-refractivity contribution in [3.8, 4) is 0 Å². The van der Waals surface area contributed by atoms with Gasteiger partial charge in [-0.2, -0.15) is 0 Å². The molecule has 1 aliphatic heterocycles. The van der Waals surface area contributed by atoms with Gasteiger partial charge in [0.15, 0.2) is 0 Å². The number of hydrogen-bond acceptors (Lipinski definition) is 2. The molecule has 2 rings (SSSR count). The van der Waals surface area contributed by atoms with E-state index in [0.717, 1.165) is 0 Å². The van der Waals surface area contributed by atoms with Crippen molar-refractivity contribution in [3.63, 3.8) is 0 Å². The number of carbonyl (C=O) groups is 1. The van der Waals surface area contributed by atoms with Gasteiger partial charge in [0.05, 0.1) is 12.5 Å². The molecule has 0 aromatic heterocycles. The van der Waals surface area contributed by atoms with Gasteiger partial charge in [-0.25, -0.2) is 0 Å². The molecule has 0 aromatic carbocycles. The van der Waals surface area contributed by atoms with E-state index in [0.29, 0.717) is 25.6 Å². The van der Waals surface area contributed by atoms with E-state index >= 15 is 0 Å². The van der Waals surface area contributed by atoms with E-state index in [1.54, 1.807) is 0 Å². The maximum Gasteiger partial charge on any atom is 0.306 e. The summed E-state index contributed by atoms with van der Waals surface area (Å²) in [7, 11) is 0. The van der Waals surface area contributed by atoms with Gasteiger partial charge in [0.1, 0.15) is 0 Å². The van der Waals surface area contributed by atoms with Crippen LogP contribution in [-0.4, -0.2) is 24.3 Å². The second kappa shape index (κ2) is 4.97. The summed E-state index contributed by atoms with van der Waals surface area (Å²) in [6.07, 6.45) is 6.98. The van der Waals surface area contributed by atoms with Crippen LogP contribution in [-0.2, 0) is 9.53 Å². The zero-order chi connectivity index (χ0) is 10.7. The second-order valence-electron chi connectivity index (χ2n) is 4.87. The Balaban J connectivity index is 1.99. The fourth-order valence-corrected chi connectivity index (χ4v) is 3.09. The molecule has 0 spiro atoms. The highest BCUT2D eigenvalue weighted by Gasteiger charge is 2.36. The van der Waals surface area contributed by atoms with E-state index in [2.05, 4.69) is 0 Å². The summed E-state index contributed by atoms with van der Waals surface area (Å²) >= 11 is 0. The summed E-state index contributed by atoms with van der Waals surface area (Å²) in [6, 6.07) is 0. The maximum absolute atomic E-state index is 11.2. The van der Waals surface area contributed by atoms with Gasteiger partial charge >= 0.3 is 5.97 Å². The molecular weight excluding hydrogens is 192 g/mol. The zero-order valence-corrected chi connectivity index (χ0v) is 9.15. The molecule has 0 bridgehead atoms. The Morgan fingerprint density at radius 2 is 1.87 bits per heavy atom. The Labute approximate surface area is 90.8 Å². The summed E-state index contributed by atoms with van der Waals surface area (Å²) in [5, 5.41) is 9.18. The number of ether oxygens (including phenoxy) is 1. The minimum atomic E-state index is -0.617. The highest BCUT2D eigenvalue weighted by molar-refractivity contribution is 5.70. The van der Waals surface area contributed by atoms with Gasteiger partial charge in [-0.3, -0.25) is 4.79 Å². The lowest BCUT2D eigenvalue weighted by molar-refractivity contribution is -0.150. The van der Waals surface area contributed by atoms with Gasteiger partial charge in [-0.15, -0.1) is 0 Å². The lowest BCUT2D eigenvalue weighted by Gasteiger charge is -2.36. The topological polar surface area (TPSA) is 46.5 Å². The van der Waals surface area contributed by atoms with Crippen molar-refractivity contribution >= 4 is 5.97 Å². The van der Waals surface area contributed by atoms with Crippen LogP contribution >= 0.6 is 0 Å². The lowest BCUT2D eigenvalue weighted by Crippen LogP contribution is -2.38. The molecule has 0 aromatic rings. The molecule has 2 aliphatic rings. The normalized spacial score (nSPS) is 33.9. The second-order valence-corrected chi connectivity index (χ2v) is 4.87. The molecule has 2 unspecified atom stereocenters. The largest absolute Gasteiger partial charge is 0.481 e. The van der Waals surface area contributed by atoms with E-state index in [-0.39, 0.29) is 11.8 Å². The highest BCUT2D eigenvalue weighted by Crippen LogP contribution is 2.37. The van der Waals surface area contributed by atoms with Crippen LogP contribution in [0.5, 0.6) is 0 Å². The van der Waals surface area contributed by atoms with E-state index in [1.807, 2.05) is 0 Å². The fourth-order valence-electron chi connectivity index (χ4n) is 3.09. The minimum absolute atomic E-state index is 0.151. The first-order chi connectivity index (χ1) is 7.29. The van der Waals surface area contributed by atoms with Crippen molar-refractivity contribution in [1.29, 1.82) is 0 Å². The Hall–Kier alpha value is -0.570. The summed E-state index contributed by atoms with van der Waals surface area (Å²) in [4.78, 5) is 11.2. The Kier molecular flexibility index (Phi) is 3.62. The van der Waals surface area contributed by atoms with Crippen molar-refractivity contribution in [2.24, 2.45) is 17.8 Å². The van der Waals surface area contributed by atoms with Crippen molar-refractivity contribution in [1.82, 2.24) is 0 Å². The number of rotatable bonds is 2. The molecule has 1 heterocycles. The van der Waals surface area contributed by atoms with Crippen LogP contribution in [0.25, 0.3) is 0 Å². The molecule has 0 amide bonds. The Morgan fingerprint density at radius 1 is 1.13 bits per heavy atom. The zero-order valence-electron chi connectivity index (χ0n) is 9.15. The van der Waals surface area contributed by atoms with Crippen LogP contribution in [0.1, 0.15) is 38.5 Å². The van der Waals surface area contributed by atoms with Crippen LogP contribution in [0.3, 0.4) is 0 Å². The molecule has 15 heavy (non-hydrogen) atoms. The number of hydrogen-bond donors (Lipinski definition) is 1. The quantitative estimate of drug-likeness (QED) is 0.764. The third kappa shape index (κ3) is 2.51. The van der Waals surface area contributed by atoms with Gasteiger partial charge < -0.3 is 9.84 Å². The first-order valence-corrected chi connectivity index (χ1v) is 6.09. The molecule has 0 radical (unpaired) electrons. The van der Waals surface area contributed by atoms with Crippen LogP contribution in [0.15, 0.2) is 0 Å². The van der Waals surface area contributed by atoms with Gasteiger partial charge in [0.2, 0.25) is 0 Å². The minimum Gasteiger partial charge on any atom is -0.481 e. The molecule has 1 saturated heterocycles. The summed E-state index contributed by atoms with van der Waals surface area (Å²) in [5.74, 6) is 0.104. The average Bonchev–Trinajstić information content (AvgIpc) is 2.30. The Bertz CT molecular complexity index is 221. The molecule has 86 valence electrons. The van der Waals surface area contributed by atoms with Crippen molar-refractivity contribution in [2.45, 2.75) is 38.5 Å². The number of aliphatic carboxylic acids is 1. The first-order valence-electron chi connectivity index (χ1n) is 6.09. The summed E-state index contributed by atoms with van der Waals surface area (Å²) in [5.41, 5.74) is 0.